The van der Waals surface area contributed by atoms with Crippen molar-refractivity contribution in [2.24, 2.45) is 17.8 Å². The van der Waals surface area contributed by atoms with E-state index in [0.717, 1.165) is 44.4 Å². The van der Waals surface area contributed by atoms with Crippen LogP contribution < -0.4 is 0 Å². The Morgan fingerprint density at radius 3 is 1.75 bits per heavy atom. The molecule has 5 atom stereocenters. The standard InChI is InChI=1S/C44H78O8/c1-4-5-21-27-37(45)31-32-40-39(41(47)33-42(40)48)28-23-19-20-25-30-44(50)52-35-38(46)34-51-43(49)29-24-18-16-14-12-10-8-6-7-9-11-13-15-17-22-26-36(2)3/h19,23,31-32,36-40,42,45-46,48H,4-18,20-22,24-30,33-35H2,1-3H3/b23-19-,32-31+/t37-,38-,39+,40+,42+/m0/s1. The molecule has 0 spiro atoms. The Labute approximate surface area is 317 Å². The number of carbonyl (C=O) groups excluding carboxylic acids is 3. The summed E-state index contributed by atoms with van der Waals surface area (Å²) in [7, 11) is 0. The van der Waals surface area contributed by atoms with Gasteiger partial charge in [-0.25, -0.2) is 0 Å². The number of unbranched alkanes of at least 4 members (excludes halogenated alkanes) is 17. The Morgan fingerprint density at radius 2 is 1.21 bits per heavy atom. The second kappa shape index (κ2) is 32.4. The molecule has 0 radical (unpaired) electrons. The van der Waals surface area contributed by atoms with Gasteiger partial charge in [0.15, 0.2) is 0 Å². The average Bonchev–Trinajstić information content (AvgIpc) is 3.38. The van der Waals surface area contributed by atoms with Crippen LogP contribution in [0.1, 0.15) is 188 Å². The molecule has 0 unspecified atom stereocenters. The number of esters is 2. The lowest BCUT2D eigenvalue weighted by Crippen LogP contribution is -2.25. The molecule has 8 nitrogen and oxygen atoms in total. The van der Waals surface area contributed by atoms with Crippen molar-refractivity contribution in [3.05, 3.63) is 24.3 Å². The van der Waals surface area contributed by atoms with Gasteiger partial charge >= 0.3 is 11.9 Å². The third-order valence-electron chi connectivity index (χ3n) is 10.2. The molecule has 0 saturated heterocycles. The van der Waals surface area contributed by atoms with Crippen LogP contribution in [0.3, 0.4) is 0 Å². The fourth-order valence-electron chi connectivity index (χ4n) is 6.90. The molecule has 0 aromatic heterocycles. The van der Waals surface area contributed by atoms with Gasteiger partial charge in [0.25, 0.3) is 0 Å². The molecule has 3 N–H and O–H groups in total. The Hall–Kier alpha value is -2.03. The van der Waals surface area contributed by atoms with E-state index in [1.54, 1.807) is 12.2 Å². The van der Waals surface area contributed by atoms with Crippen molar-refractivity contribution in [2.75, 3.05) is 13.2 Å². The Kier molecular flexibility index (Phi) is 29.9. The second-order valence-electron chi connectivity index (χ2n) is 15.7. The molecule has 0 heterocycles. The molecule has 1 aliphatic carbocycles. The van der Waals surface area contributed by atoms with Gasteiger partial charge in [0.1, 0.15) is 25.1 Å². The zero-order valence-corrected chi connectivity index (χ0v) is 33.5. The molecule has 0 bridgehead atoms. The molecule has 1 rings (SSSR count). The minimum atomic E-state index is -1.05. The van der Waals surface area contributed by atoms with Gasteiger partial charge in [-0.05, 0) is 38.0 Å². The van der Waals surface area contributed by atoms with E-state index in [-0.39, 0.29) is 49.6 Å². The summed E-state index contributed by atoms with van der Waals surface area (Å²) in [5, 5.41) is 30.6. The lowest BCUT2D eigenvalue weighted by atomic mass is 9.90. The van der Waals surface area contributed by atoms with E-state index in [4.69, 9.17) is 9.47 Å². The van der Waals surface area contributed by atoms with Crippen LogP contribution >= 0.6 is 0 Å². The van der Waals surface area contributed by atoms with Gasteiger partial charge in [0.05, 0.1) is 12.2 Å². The first kappa shape index (κ1) is 48.0. The van der Waals surface area contributed by atoms with Gasteiger partial charge in [-0.3, -0.25) is 14.4 Å². The van der Waals surface area contributed by atoms with E-state index in [2.05, 4.69) is 20.8 Å². The second-order valence-corrected chi connectivity index (χ2v) is 15.7. The highest BCUT2D eigenvalue weighted by Gasteiger charge is 2.39. The Bertz CT molecular complexity index is 960. The highest BCUT2D eigenvalue weighted by atomic mass is 16.6. The summed E-state index contributed by atoms with van der Waals surface area (Å²) in [5.74, 6) is -0.488. The number of carbonyl (C=O) groups is 3. The van der Waals surface area contributed by atoms with E-state index >= 15 is 0 Å². The third-order valence-corrected chi connectivity index (χ3v) is 10.2. The summed E-state index contributed by atoms with van der Waals surface area (Å²) in [6, 6.07) is 0. The minimum Gasteiger partial charge on any atom is -0.463 e. The number of hydrogen-bond acceptors (Lipinski definition) is 8. The van der Waals surface area contributed by atoms with Gasteiger partial charge in [-0.2, -0.15) is 0 Å². The summed E-state index contributed by atoms with van der Waals surface area (Å²) in [6.07, 6.45) is 31.7. The van der Waals surface area contributed by atoms with E-state index in [1.165, 1.54) is 83.5 Å². The Balaban J connectivity index is 2.00. The quantitative estimate of drug-likeness (QED) is 0.0338. The Morgan fingerprint density at radius 1 is 0.712 bits per heavy atom. The molecule has 1 saturated carbocycles. The van der Waals surface area contributed by atoms with Gasteiger partial charge in [0, 0.05) is 31.1 Å². The van der Waals surface area contributed by atoms with Crippen LogP contribution in [-0.2, 0) is 23.9 Å². The van der Waals surface area contributed by atoms with Gasteiger partial charge < -0.3 is 24.8 Å². The van der Waals surface area contributed by atoms with Crippen LogP contribution in [-0.4, -0.2) is 64.6 Å². The highest BCUT2D eigenvalue weighted by Crippen LogP contribution is 2.33. The maximum Gasteiger partial charge on any atom is 0.305 e. The fourth-order valence-corrected chi connectivity index (χ4v) is 6.90. The molecule has 1 fully saturated rings. The number of ketones is 1. The predicted octanol–water partition coefficient (Wildman–Crippen LogP) is 9.90. The van der Waals surface area contributed by atoms with Crippen LogP contribution in [0.2, 0.25) is 0 Å². The normalized spacial score (nSPS) is 18.9. The fraction of sp³-hybridized carbons (Fsp3) is 0.841. The maximum atomic E-state index is 12.4. The van der Waals surface area contributed by atoms with Crippen LogP contribution in [0.25, 0.3) is 0 Å². The molecule has 0 aromatic rings. The highest BCUT2D eigenvalue weighted by molar-refractivity contribution is 5.84. The van der Waals surface area contributed by atoms with Crippen LogP contribution in [0.4, 0.5) is 0 Å². The molecule has 1 aliphatic rings. The summed E-state index contributed by atoms with van der Waals surface area (Å²) in [5.41, 5.74) is 0. The van der Waals surface area contributed by atoms with Crippen molar-refractivity contribution >= 4 is 17.7 Å². The summed E-state index contributed by atoms with van der Waals surface area (Å²) >= 11 is 0. The first-order chi connectivity index (χ1) is 25.1. The number of Topliss-reactive ketones (excluding diaryl/α,β-unsaturated/α-hetero) is 1. The zero-order chi connectivity index (χ0) is 38.2. The molecule has 302 valence electrons. The minimum absolute atomic E-state index is 0.0327. The molecule has 0 aromatic carbocycles. The SMILES string of the molecule is CCCCC[C@H](O)/C=C/[C@H]1[C@H](O)CC(=O)[C@@H]1C/C=C\CCCC(=O)OC[C@@H](O)COC(=O)CCCCCCCCCCCCCCCCCC(C)C. The molecule has 52 heavy (non-hydrogen) atoms. The molecular formula is C44H78O8. The van der Waals surface area contributed by atoms with E-state index < -0.39 is 24.3 Å². The number of allylic oxidation sites excluding steroid dienone is 2. The zero-order valence-electron chi connectivity index (χ0n) is 33.5. The topological polar surface area (TPSA) is 130 Å². The molecular weight excluding hydrogens is 656 g/mol. The van der Waals surface area contributed by atoms with E-state index in [1.807, 2.05) is 12.2 Å². The summed E-state index contributed by atoms with van der Waals surface area (Å²) in [4.78, 5) is 36.6. The van der Waals surface area contributed by atoms with Crippen molar-refractivity contribution in [2.45, 2.75) is 206 Å². The number of rotatable bonds is 34. The van der Waals surface area contributed by atoms with Crippen LogP contribution in [0.5, 0.6) is 0 Å². The largest absolute Gasteiger partial charge is 0.463 e. The summed E-state index contributed by atoms with van der Waals surface area (Å²) in [6.45, 7) is 6.33. The van der Waals surface area contributed by atoms with Crippen LogP contribution in [0, 0.1) is 17.8 Å². The summed E-state index contributed by atoms with van der Waals surface area (Å²) < 4.78 is 10.3. The van der Waals surface area contributed by atoms with Crippen molar-refractivity contribution < 1.29 is 39.2 Å². The van der Waals surface area contributed by atoms with Crippen molar-refractivity contribution in [3.63, 3.8) is 0 Å². The van der Waals surface area contributed by atoms with Gasteiger partial charge in [-0.1, -0.05) is 161 Å². The number of hydrogen-bond donors (Lipinski definition) is 3. The van der Waals surface area contributed by atoms with E-state index in [9.17, 15) is 29.7 Å². The molecule has 0 aliphatic heterocycles. The predicted molar refractivity (Wildman–Crippen MR) is 211 cm³/mol. The van der Waals surface area contributed by atoms with Gasteiger partial charge in [0.2, 0.25) is 0 Å². The van der Waals surface area contributed by atoms with Crippen molar-refractivity contribution in [3.8, 4) is 0 Å². The first-order valence-corrected chi connectivity index (χ1v) is 21.3. The van der Waals surface area contributed by atoms with Crippen molar-refractivity contribution in [1.82, 2.24) is 0 Å². The third kappa shape index (κ3) is 26.7. The van der Waals surface area contributed by atoms with Crippen molar-refractivity contribution in [1.29, 1.82) is 0 Å². The molecule has 0 amide bonds. The lowest BCUT2D eigenvalue weighted by molar-refractivity contribution is -0.152. The smallest absolute Gasteiger partial charge is 0.305 e. The number of aliphatic hydroxyl groups is 3. The van der Waals surface area contributed by atoms with Crippen LogP contribution in [0.15, 0.2) is 24.3 Å². The monoisotopic (exact) mass is 735 g/mol. The first-order valence-electron chi connectivity index (χ1n) is 21.3. The molecule has 8 heteroatoms. The number of aliphatic hydroxyl groups excluding tert-OH is 3. The maximum absolute atomic E-state index is 12.4. The number of ether oxygens (including phenoxy) is 2. The van der Waals surface area contributed by atoms with Gasteiger partial charge in [-0.15, -0.1) is 0 Å². The average molecular weight is 735 g/mol. The van der Waals surface area contributed by atoms with E-state index in [0.29, 0.717) is 32.1 Å². The lowest BCUT2D eigenvalue weighted by Gasteiger charge is -2.16.